The number of amides is 3. The number of hydrogen-bond acceptors (Lipinski definition) is 6. The lowest BCUT2D eigenvalue weighted by Gasteiger charge is -2.25. The van der Waals surface area contributed by atoms with Crippen LogP contribution in [0.4, 0.5) is 0 Å². The summed E-state index contributed by atoms with van der Waals surface area (Å²) in [7, 11) is 4.88. The van der Waals surface area contributed by atoms with E-state index in [-0.39, 0.29) is 37.0 Å². The van der Waals surface area contributed by atoms with Crippen LogP contribution in [0.5, 0.6) is 0 Å². The zero-order chi connectivity index (χ0) is 32.0. The first-order chi connectivity index (χ1) is 21.9. The smallest absolute Gasteiger partial charge is 0.227 e. The van der Waals surface area contributed by atoms with Gasteiger partial charge in [-0.1, -0.05) is 72.8 Å². The lowest BCUT2D eigenvalue weighted by atomic mass is 10.0. The van der Waals surface area contributed by atoms with Gasteiger partial charge in [0, 0.05) is 60.6 Å². The van der Waals surface area contributed by atoms with Gasteiger partial charge in [0.05, 0.1) is 39.1 Å². The minimum absolute atomic E-state index is 0.00452. The molecule has 0 saturated carbocycles. The molecule has 45 heavy (non-hydrogen) atoms. The number of hydrogen-bond donors (Lipinski definition) is 0. The van der Waals surface area contributed by atoms with Gasteiger partial charge >= 0.3 is 0 Å². The van der Waals surface area contributed by atoms with Crippen molar-refractivity contribution < 1.29 is 28.6 Å². The number of carbonyl (C=O) groups is 3. The maximum Gasteiger partial charge on any atom is 0.227 e. The molecule has 240 valence electrons. The summed E-state index contributed by atoms with van der Waals surface area (Å²) in [6, 6.07) is 23.7. The Bertz CT molecular complexity index is 1210. The van der Waals surface area contributed by atoms with Crippen LogP contribution in [0, 0.1) is 0 Å². The molecule has 4 aliphatic rings. The Morgan fingerprint density at radius 3 is 0.867 bits per heavy atom. The number of carbonyl (C=O) groups excluding carboxylic acids is 3. The van der Waals surface area contributed by atoms with Crippen LogP contribution in [0.25, 0.3) is 0 Å². The molecule has 0 aliphatic carbocycles. The van der Waals surface area contributed by atoms with E-state index in [9.17, 15) is 14.4 Å². The predicted molar refractivity (Wildman–Crippen MR) is 172 cm³/mol. The molecule has 9 nitrogen and oxygen atoms in total. The molecule has 0 fully saturated rings. The lowest BCUT2D eigenvalue weighted by molar-refractivity contribution is -0.132. The van der Waals surface area contributed by atoms with Gasteiger partial charge in [-0.3, -0.25) is 14.4 Å². The highest BCUT2D eigenvalue weighted by molar-refractivity contribution is 5.80. The maximum absolute atomic E-state index is 13.4. The van der Waals surface area contributed by atoms with E-state index in [2.05, 4.69) is 0 Å². The zero-order valence-corrected chi connectivity index (χ0v) is 26.7. The summed E-state index contributed by atoms with van der Waals surface area (Å²) in [6.07, 6.45) is 0.780. The molecule has 0 N–H and O–H groups in total. The second kappa shape index (κ2) is 17.4. The van der Waals surface area contributed by atoms with E-state index in [1.165, 1.54) is 0 Å². The van der Waals surface area contributed by atoms with Crippen LogP contribution < -0.4 is 0 Å². The van der Waals surface area contributed by atoms with Gasteiger partial charge in [0.25, 0.3) is 0 Å². The second-order valence-corrected chi connectivity index (χ2v) is 11.4. The first-order valence-corrected chi connectivity index (χ1v) is 15.4. The third-order valence-corrected chi connectivity index (χ3v) is 8.01. The molecular formula is C36H45N3O6. The van der Waals surface area contributed by atoms with Gasteiger partial charge in [-0.05, 0) is 33.4 Å². The second-order valence-electron chi connectivity index (χ2n) is 11.4. The summed E-state index contributed by atoms with van der Waals surface area (Å²) in [6.45, 7) is 4.05. The van der Waals surface area contributed by atoms with Crippen molar-refractivity contribution in [3.63, 3.8) is 0 Å². The van der Waals surface area contributed by atoms with Crippen molar-refractivity contribution in [2.45, 2.75) is 38.9 Å². The summed E-state index contributed by atoms with van der Waals surface area (Å²) in [5.74, 6) is 0.0136. The topological polar surface area (TPSA) is 88.6 Å². The third kappa shape index (κ3) is 10.5. The van der Waals surface area contributed by atoms with Gasteiger partial charge in [0.15, 0.2) is 0 Å². The molecule has 0 aromatic heterocycles. The molecule has 6 bridgehead atoms. The fourth-order valence-electron chi connectivity index (χ4n) is 5.29. The highest BCUT2D eigenvalue weighted by Gasteiger charge is 2.19. The number of rotatable bonds is 9. The average Bonchev–Trinajstić information content (AvgIpc) is 3.05. The molecule has 4 heterocycles. The molecule has 7 rings (SSSR count). The molecule has 0 atom stereocenters. The van der Waals surface area contributed by atoms with E-state index in [0.29, 0.717) is 59.1 Å². The fourth-order valence-corrected chi connectivity index (χ4v) is 5.29. The quantitative estimate of drug-likeness (QED) is 0.365. The van der Waals surface area contributed by atoms with Gasteiger partial charge in [-0.2, -0.15) is 0 Å². The molecule has 4 aliphatic heterocycles. The van der Waals surface area contributed by atoms with E-state index in [0.717, 1.165) is 33.4 Å². The minimum atomic E-state index is 0.00452. The van der Waals surface area contributed by atoms with E-state index in [1.807, 2.05) is 72.8 Å². The van der Waals surface area contributed by atoms with Crippen molar-refractivity contribution >= 4 is 17.7 Å². The molecule has 0 unspecified atom stereocenters. The first kappa shape index (κ1) is 33.8. The van der Waals surface area contributed by atoms with Crippen molar-refractivity contribution in [2.24, 2.45) is 0 Å². The van der Waals surface area contributed by atoms with Crippen molar-refractivity contribution in [3.05, 3.63) is 106 Å². The number of benzene rings is 3. The number of methoxy groups -OCH3 is 3. The summed E-state index contributed by atoms with van der Waals surface area (Å²) in [5.41, 5.74) is 5.67. The Kier molecular flexibility index (Phi) is 13.1. The van der Waals surface area contributed by atoms with Crippen LogP contribution in [0.3, 0.4) is 0 Å². The number of nitrogens with zero attached hydrogens (tertiary/aromatic N) is 3. The molecule has 0 spiro atoms. The van der Waals surface area contributed by atoms with Crippen molar-refractivity contribution in [1.82, 2.24) is 14.7 Å². The minimum Gasteiger partial charge on any atom is -0.383 e. The van der Waals surface area contributed by atoms with Crippen LogP contribution in [-0.4, -0.2) is 93.2 Å². The van der Waals surface area contributed by atoms with Crippen LogP contribution in [0.1, 0.15) is 33.4 Å². The molecule has 3 aromatic rings. The Hall–Kier alpha value is -4.05. The van der Waals surface area contributed by atoms with E-state index < -0.39 is 0 Å². The summed E-state index contributed by atoms with van der Waals surface area (Å²) < 4.78 is 15.9. The van der Waals surface area contributed by atoms with Crippen molar-refractivity contribution in [2.75, 3.05) is 60.8 Å². The lowest BCUT2D eigenvalue weighted by Crippen LogP contribution is -2.35. The Labute approximate surface area is 266 Å². The highest BCUT2D eigenvalue weighted by Crippen LogP contribution is 2.16. The Morgan fingerprint density at radius 1 is 0.422 bits per heavy atom. The van der Waals surface area contributed by atoms with Crippen LogP contribution in [-0.2, 0) is 67.5 Å². The summed E-state index contributed by atoms with van der Waals surface area (Å²) in [5, 5.41) is 0. The normalized spacial score (nSPS) is 15.3. The van der Waals surface area contributed by atoms with E-state index >= 15 is 0 Å². The molecule has 0 saturated heterocycles. The Balaban J connectivity index is 1.63. The Morgan fingerprint density at radius 2 is 0.644 bits per heavy atom. The fraction of sp³-hybridized carbons (Fsp3) is 0.417. The summed E-state index contributed by atoms with van der Waals surface area (Å²) >= 11 is 0. The van der Waals surface area contributed by atoms with Gasteiger partial charge in [0.2, 0.25) is 17.7 Å². The third-order valence-electron chi connectivity index (χ3n) is 8.01. The SMILES string of the molecule is COCCN1Cc2ccc(cc2)CC(=O)N(CCOC)Cc2ccc(cc2)CC(=O)N(CCOC)Cc2ccc(cc2)CC1=O. The average molecular weight is 616 g/mol. The standard InChI is InChI=1S/C36H45N3O6/c1-43-19-16-37-25-31-10-4-29(5-11-31)23-35(41)39(18-21-45-3)27-33-14-8-30(9-15-33)24-36(42)38(17-20-44-2)26-32-12-6-28(7-13-32)22-34(37)40/h4-15H,16-27H2,1-3H3. The van der Waals surface area contributed by atoms with Gasteiger partial charge < -0.3 is 28.9 Å². The van der Waals surface area contributed by atoms with Crippen molar-refractivity contribution in [1.29, 1.82) is 0 Å². The van der Waals surface area contributed by atoms with Crippen molar-refractivity contribution in [3.8, 4) is 0 Å². The van der Waals surface area contributed by atoms with Crippen LogP contribution >= 0.6 is 0 Å². The largest absolute Gasteiger partial charge is 0.383 e. The monoisotopic (exact) mass is 615 g/mol. The molecule has 3 aromatic carbocycles. The zero-order valence-electron chi connectivity index (χ0n) is 26.7. The molecule has 9 heteroatoms. The molecule has 0 radical (unpaired) electrons. The van der Waals surface area contributed by atoms with E-state index in [1.54, 1.807) is 36.0 Å². The molecular weight excluding hydrogens is 570 g/mol. The first-order valence-electron chi connectivity index (χ1n) is 15.4. The number of fused-ring (bicyclic) bond motifs is 3. The van der Waals surface area contributed by atoms with Gasteiger partial charge in [0.1, 0.15) is 0 Å². The van der Waals surface area contributed by atoms with Gasteiger partial charge in [-0.25, -0.2) is 0 Å². The van der Waals surface area contributed by atoms with Crippen LogP contribution in [0.15, 0.2) is 72.8 Å². The summed E-state index contributed by atoms with van der Waals surface area (Å²) in [4.78, 5) is 45.6. The van der Waals surface area contributed by atoms with Crippen LogP contribution in [0.2, 0.25) is 0 Å². The maximum atomic E-state index is 13.4. The van der Waals surface area contributed by atoms with Gasteiger partial charge in [-0.15, -0.1) is 0 Å². The highest BCUT2D eigenvalue weighted by atomic mass is 16.5. The molecule has 3 amide bonds. The number of ether oxygens (including phenoxy) is 3. The predicted octanol–water partition coefficient (Wildman–Crippen LogP) is 3.65. The van der Waals surface area contributed by atoms with E-state index in [4.69, 9.17) is 14.2 Å².